The number of hydrogen-bond donors (Lipinski definition) is 1. The molecule has 2 aliphatic rings. The fourth-order valence-electron chi connectivity index (χ4n) is 4.78. The summed E-state index contributed by atoms with van der Waals surface area (Å²) in [5, 5.41) is 9.78. The maximum absolute atomic E-state index is 11.0. The molecule has 0 unspecified atom stereocenters. The van der Waals surface area contributed by atoms with E-state index in [0.29, 0.717) is 6.42 Å². The number of rotatable bonds is 4. The summed E-state index contributed by atoms with van der Waals surface area (Å²) in [4.78, 5) is 11.0. The maximum Gasteiger partial charge on any atom is 0.303 e. The Morgan fingerprint density at radius 3 is 2.69 bits per heavy atom. The van der Waals surface area contributed by atoms with E-state index in [9.17, 15) is 4.79 Å². The second-order valence-corrected chi connectivity index (χ2v) is 9.11. The van der Waals surface area contributed by atoms with Crippen LogP contribution in [-0.2, 0) is 16.0 Å². The molecule has 0 aromatic heterocycles. The van der Waals surface area contributed by atoms with Gasteiger partial charge in [0.25, 0.3) is 0 Å². The number of benzene rings is 2. The number of aliphatic carboxylic acids is 1. The topological polar surface area (TPSA) is 55.8 Å². The van der Waals surface area contributed by atoms with E-state index in [0.717, 1.165) is 33.9 Å². The quantitative estimate of drug-likeness (QED) is 0.689. The molecule has 1 N–H and O–H groups in total. The summed E-state index contributed by atoms with van der Waals surface area (Å²) in [6.45, 7) is 6.35. The number of carboxylic acid groups (broad SMARTS) is 1. The minimum absolute atomic E-state index is 0.0144. The number of carbonyl (C=O) groups is 1. The molecule has 0 aliphatic carbocycles. The van der Waals surface area contributed by atoms with Gasteiger partial charge in [0.15, 0.2) is 0 Å². The molecule has 1 saturated heterocycles. The number of halogens is 1. The highest BCUT2D eigenvalue weighted by molar-refractivity contribution is 6.31. The van der Waals surface area contributed by atoms with Gasteiger partial charge in [0.1, 0.15) is 11.4 Å². The first-order chi connectivity index (χ1) is 13.8. The predicted octanol–water partition coefficient (Wildman–Crippen LogP) is 5.78. The fraction of sp³-hybridized carbons (Fsp3) is 0.458. The van der Waals surface area contributed by atoms with Crippen LogP contribution in [0.1, 0.15) is 62.3 Å². The average molecular weight is 415 g/mol. The molecule has 4 nitrogen and oxygen atoms in total. The highest BCUT2D eigenvalue weighted by Gasteiger charge is 2.50. The third kappa shape index (κ3) is 3.88. The molecule has 4 rings (SSSR count). The molecule has 0 spiro atoms. The zero-order valence-electron chi connectivity index (χ0n) is 17.0. The van der Waals surface area contributed by atoms with Gasteiger partial charge in [-0.05, 0) is 62.9 Å². The van der Waals surface area contributed by atoms with Crippen LogP contribution < -0.4 is 4.74 Å². The van der Waals surface area contributed by atoms with Crippen LogP contribution >= 0.6 is 11.6 Å². The summed E-state index contributed by atoms with van der Waals surface area (Å²) >= 11 is 6.50. The Hall–Kier alpha value is -2.04. The first-order valence-electron chi connectivity index (χ1n) is 10.2. The van der Waals surface area contributed by atoms with E-state index < -0.39 is 5.97 Å². The zero-order chi connectivity index (χ0) is 20.8. The van der Waals surface area contributed by atoms with E-state index >= 15 is 0 Å². The summed E-state index contributed by atoms with van der Waals surface area (Å²) in [5.41, 5.74) is 2.77. The fourth-order valence-corrected chi connectivity index (χ4v) is 5.06. The van der Waals surface area contributed by atoms with Gasteiger partial charge in [-0.3, -0.25) is 4.79 Å². The van der Waals surface area contributed by atoms with Crippen molar-refractivity contribution >= 4 is 17.6 Å². The smallest absolute Gasteiger partial charge is 0.303 e. The summed E-state index contributed by atoms with van der Waals surface area (Å²) in [7, 11) is 0. The van der Waals surface area contributed by atoms with Crippen molar-refractivity contribution in [2.45, 2.75) is 63.8 Å². The highest BCUT2D eigenvalue weighted by Crippen LogP contribution is 2.54. The molecular weight excluding hydrogens is 388 g/mol. The van der Waals surface area contributed by atoms with Gasteiger partial charge in [-0.15, -0.1) is 0 Å². The number of ether oxygens (including phenoxy) is 2. The molecule has 2 aliphatic heterocycles. The Labute approximate surface area is 176 Å². The summed E-state index contributed by atoms with van der Waals surface area (Å²) in [5.74, 6) is 0.411. The molecule has 2 aromatic rings. The van der Waals surface area contributed by atoms with Gasteiger partial charge in [-0.2, -0.15) is 0 Å². The van der Waals surface area contributed by atoms with Gasteiger partial charge in [0.05, 0.1) is 12.2 Å². The van der Waals surface area contributed by atoms with Gasteiger partial charge in [0.2, 0.25) is 0 Å². The third-order valence-electron chi connectivity index (χ3n) is 6.38. The van der Waals surface area contributed by atoms with Crippen LogP contribution in [0.2, 0.25) is 5.02 Å². The maximum atomic E-state index is 11.0. The van der Waals surface area contributed by atoms with E-state index in [1.165, 1.54) is 0 Å². The number of hydrogen-bond acceptors (Lipinski definition) is 3. The molecular formula is C24H27ClO4. The van der Waals surface area contributed by atoms with Gasteiger partial charge in [-0.25, -0.2) is 0 Å². The Kier molecular flexibility index (Phi) is 5.34. The largest absolute Gasteiger partial charge is 0.487 e. The molecule has 5 heteroatoms. The van der Waals surface area contributed by atoms with Crippen molar-refractivity contribution in [2.75, 3.05) is 0 Å². The molecule has 4 atom stereocenters. The normalized spacial score (nSPS) is 27.4. The lowest BCUT2D eigenvalue weighted by Gasteiger charge is -2.51. The number of fused-ring (bicyclic) bond motifs is 3. The van der Waals surface area contributed by atoms with E-state index in [1.807, 2.05) is 30.3 Å². The van der Waals surface area contributed by atoms with Crippen molar-refractivity contribution < 1.29 is 19.4 Å². The molecule has 0 saturated carbocycles. The van der Waals surface area contributed by atoms with Crippen molar-refractivity contribution in [2.24, 2.45) is 5.92 Å². The first kappa shape index (κ1) is 20.2. The van der Waals surface area contributed by atoms with Crippen molar-refractivity contribution in [1.29, 1.82) is 0 Å². The van der Waals surface area contributed by atoms with Gasteiger partial charge < -0.3 is 14.6 Å². The predicted molar refractivity (Wildman–Crippen MR) is 113 cm³/mol. The molecule has 0 radical (unpaired) electrons. The minimum Gasteiger partial charge on any atom is -0.487 e. The molecule has 1 fully saturated rings. The van der Waals surface area contributed by atoms with E-state index in [1.54, 1.807) is 0 Å². The standard InChI is InChI=1S/C24H27ClO4/c1-14-17(16-6-4-5-7-20(16)25)13-19-23(28-14)18-12-15(9-11-22(26)27)8-10-21(18)29-24(19,2)3/h4-8,10,12,14,17,19,23H,9,11,13H2,1-3H3,(H,26,27)/t14-,17-,19-,23+/m0/s1. The zero-order valence-corrected chi connectivity index (χ0v) is 17.8. The Bertz CT molecular complexity index is 923. The highest BCUT2D eigenvalue weighted by atomic mass is 35.5. The van der Waals surface area contributed by atoms with Crippen molar-refractivity contribution in [3.63, 3.8) is 0 Å². The molecule has 0 bridgehead atoms. The molecule has 0 amide bonds. The second kappa shape index (κ2) is 7.66. The minimum atomic E-state index is -0.789. The van der Waals surface area contributed by atoms with Crippen LogP contribution in [0.15, 0.2) is 42.5 Å². The Morgan fingerprint density at radius 1 is 1.21 bits per heavy atom. The van der Waals surface area contributed by atoms with Crippen LogP contribution in [-0.4, -0.2) is 22.8 Å². The average Bonchev–Trinajstić information content (AvgIpc) is 2.66. The van der Waals surface area contributed by atoms with Gasteiger partial charge in [0, 0.05) is 28.8 Å². The van der Waals surface area contributed by atoms with Crippen LogP contribution in [0.4, 0.5) is 0 Å². The van der Waals surface area contributed by atoms with Crippen molar-refractivity contribution in [3.8, 4) is 5.75 Å². The van der Waals surface area contributed by atoms with Crippen LogP contribution in [0.3, 0.4) is 0 Å². The summed E-state index contributed by atoms with van der Waals surface area (Å²) < 4.78 is 13.0. The first-order valence-corrected chi connectivity index (χ1v) is 10.6. The van der Waals surface area contributed by atoms with E-state index in [4.69, 9.17) is 26.2 Å². The monoisotopic (exact) mass is 414 g/mol. The molecule has 2 aromatic carbocycles. The number of carboxylic acids is 1. The van der Waals surface area contributed by atoms with Crippen LogP contribution in [0.5, 0.6) is 5.75 Å². The van der Waals surface area contributed by atoms with Crippen molar-refractivity contribution in [3.05, 3.63) is 64.2 Å². The summed E-state index contributed by atoms with van der Waals surface area (Å²) in [6, 6.07) is 14.0. The van der Waals surface area contributed by atoms with Gasteiger partial charge in [-0.1, -0.05) is 35.9 Å². The third-order valence-corrected chi connectivity index (χ3v) is 6.72. The second-order valence-electron chi connectivity index (χ2n) is 8.70. The van der Waals surface area contributed by atoms with Gasteiger partial charge >= 0.3 is 5.97 Å². The summed E-state index contributed by atoms with van der Waals surface area (Å²) in [6.07, 6.45) is 1.47. The van der Waals surface area contributed by atoms with Crippen LogP contribution in [0.25, 0.3) is 0 Å². The molecule has 29 heavy (non-hydrogen) atoms. The lowest BCUT2D eigenvalue weighted by Crippen LogP contribution is -2.50. The Balaban J connectivity index is 1.67. The molecule has 154 valence electrons. The van der Waals surface area contributed by atoms with E-state index in [-0.39, 0.29) is 36.1 Å². The SMILES string of the molecule is C[C@@H]1O[C@@H]2c3cc(CCC(=O)O)ccc3OC(C)(C)[C@H]2C[C@@H]1c1ccccc1Cl. The van der Waals surface area contributed by atoms with Crippen molar-refractivity contribution in [1.82, 2.24) is 0 Å². The lowest BCUT2D eigenvalue weighted by atomic mass is 9.70. The lowest BCUT2D eigenvalue weighted by molar-refractivity contribution is -0.153. The van der Waals surface area contributed by atoms with E-state index in [2.05, 4.69) is 32.9 Å². The Morgan fingerprint density at radius 2 is 1.97 bits per heavy atom. The number of aryl methyl sites for hydroxylation is 1. The van der Waals surface area contributed by atoms with Crippen LogP contribution in [0, 0.1) is 5.92 Å². The molecule has 2 heterocycles.